The van der Waals surface area contributed by atoms with Crippen LogP contribution in [-0.2, 0) is 19.1 Å². The van der Waals surface area contributed by atoms with Crippen molar-refractivity contribution in [2.24, 2.45) is 5.92 Å². The summed E-state index contributed by atoms with van der Waals surface area (Å²) in [6.45, 7) is 7.29. The molecule has 1 spiro atoms. The molecule has 0 bridgehead atoms. The minimum atomic E-state index is -0.494. The number of piperidine rings is 1. The Morgan fingerprint density at radius 3 is 2.48 bits per heavy atom. The molecule has 1 aromatic rings. The van der Waals surface area contributed by atoms with Crippen molar-refractivity contribution in [1.82, 2.24) is 4.90 Å². The van der Waals surface area contributed by atoms with Crippen molar-refractivity contribution in [2.45, 2.75) is 45.3 Å². The molecule has 2 amide bonds. The van der Waals surface area contributed by atoms with Crippen molar-refractivity contribution >= 4 is 17.5 Å². The van der Waals surface area contributed by atoms with Crippen LogP contribution < -0.4 is 4.90 Å². The molecule has 0 aliphatic carbocycles. The second-order valence-corrected chi connectivity index (χ2v) is 7.96. The van der Waals surface area contributed by atoms with Gasteiger partial charge in [0.25, 0.3) is 0 Å². The smallest absolute Gasteiger partial charge is 0.228 e. The Bertz CT molecular complexity index is 732. The minimum Gasteiger partial charge on any atom is -0.350 e. The van der Waals surface area contributed by atoms with Crippen molar-refractivity contribution in [3.05, 3.63) is 29.3 Å². The zero-order valence-electron chi connectivity index (χ0n) is 16.2. The molecule has 146 valence electrons. The number of nitrogens with zero attached hydrogens (tertiary/aromatic N) is 2. The standard InChI is InChI=1S/C21H28N2O4/c1-15-4-5-18(12-16(15)2)23-14-17(13-19(23)24)20(25)22-8-6-21(7-9-22)26-10-3-11-27-21/h4-5,12,17H,3,6-11,13-14H2,1-2H3/t17-/m1/s1. The summed E-state index contributed by atoms with van der Waals surface area (Å²) in [6.07, 6.45) is 2.64. The predicted molar refractivity (Wildman–Crippen MR) is 101 cm³/mol. The van der Waals surface area contributed by atoms with Crippen molar-refractivity contribution in [1.29, 1.82) is 0 Å². The van der Waals surface area contributed by atoms with Gasteiger partial charge in [-0.15, -0.1) is 0 Å². The van der Waals surface area contributed by atoms with Gasteiger partial charge in [0.2, 0.25) is 11.8 Å². The monoisotopic (exact) mass is 372 g/mol. The van der Waals surface area contributed by atoms with Gasteiger partial charge in [-0.25, -0.2) is 0 Å². The highest BCUT2D eigenvalue weighted by Gasteiger charge is 2.42. The molecule has 1 atom stereocenters. The van der Waals surface area contributed by atoms with E-state index in [1.165, 1.54) is 5.56 Å². The van der Waals surface area contributed by atoms with E-state index >= 15 is 0 Å². The highest BCUT2D eigenvalue weighted by Crippen LogP contribution is 2.33. The fraction of sp³-hybridized carbons (Fsp3) is 0.619. The minimum absolute atomic E-state index is 0.0315. The first-order chi connectivity index (χ1) is 13.0. The molecule has 0 radical (unpaired) electrons. The Kier molecular flexibility index (Phi) is 4.95. The summed E-state index contributed by atoms with van der Waals surface area (Å²) in [5, 5.41) is 0. The van der Waals surface area contributed by atoms with E-state index in [1.54, 1.807) is 4.90 Å². The number of rotatable bonds is 2. The number of carbonyl (C=O) groups excluding carboxylic acids is 2. The topological polar surface area (TPSA) is 59.1 Å². The van der Waals surface area contributed by atoms with Crippen LogP contribution in [0.15, 0.2) is 18.2 Å². The van der Waals surface area contributed by atoms with E-state index in [-0.39, 0.29) is 17.7 Å². The first-order valence-corrected chi connectivity index (χ1v) is 9.92. The van der Waals surface area contributed by atoms with E-state index in [0.29, 0.717) is 38.9 Å². The van der Waals surface area contributed by atoms with E-state index in [4.69, 9.17) is 9.47 Å². The average molecular weight is 372 g/mol. The summed E-state index contributed by atoms with van der Waals surface area (Å²) in [6, 6.07) is 6.03. The fourth-order valence-electron chi connectivity index (χ4n) is 4.25. The third-order valence-electron chi connectivity index (χ3n) is 6.13. The molecule has 0 saturated carbocycles. The zero-order valence-corrected chi connectivity index (χ0v) is 16.2. The lowest BCUT2D eigenvalue weighted by molar-refractivity contribution is -0.282. The lowest BCUT2D eigenvalue weighted by atomic mass is 9.99. The van der Waals surface area contributed by atoms with Crippen molar-refractivity contribution in [3.63, 3.8) is 0 Å². The molecule has 3 fully saturated rings. The lowest BCUT2D eigenvalue weighted by Gasteiger charge is -2.43. The van der Waals surface area contributed by atoms with Crippen LogP contribution in [0.4, 0.5) is 5.69 Å². The molecule has 3 saturated heterocycles. The Balaban J connectivity index is 1.39. The summed E-state index contributed by atoms with van der Waals surface area (Å²) in [4.78, 5) is 29.1. The van der Waals surface area contributed by atoms with Gasteiger partial charge in [0, 0.05) is 44.6 Å². The first kappa shape index (κ1) is 18.4. The number of benzene rings is 1. The van der Waals surface area contributed by atoms with Gasteiger partial charge in [0.1, 0.15) is 0 Å². The summed E-state index contributed by atoms with van der Waals surface area (Å²) < 4.78 is 11.7. The normalized spacial score (nSPS) is 25.3. The van der Waals surface area contributed by atoms with E-state index in [0.717, 1.165) is 30.9 Å². The van der Waals surface area contributed by atoms with Gasteiger partial charge in [-0.3, -0.25) is 9.59 Å². The van der Waals surface area contributed by atoms with Crippen LogP contribution in [0.5, 0.6) is 0 Å². The Morgan fingerprint density at radius 2 is 1.81 bits per heavy atom. The van der Waals surface area contributed by atoms with Crippen LogP contribution in [0.1, 0.15) is 36.8 Å². The number of amides is 2. The van der Waals surface area contributed by atoms with Crippen molar-refractivity contribution in [3.8, 4) is 0 Å². The SMILES string of the molecule is Cc1ccc(N2C[C@H](C(=O)N3CCC4(CC3)OCCCO4)CC2=O)cc1C. The number of likely N-dealkylation sites (tertiary alicyclic amines) is 1. The third-order valence-corrected chi connectivity index (χ3v) is 6.13. The highest BCUT2D eigenvalue weighted by atomic mass is 16.7. The molecule has 0 unspecified atom stereocenters. The van der Waals surface area contributed by atoms with Crippen molar-refractivity contribution in [2.75, 3.05) is 37.7 Å². The Morgan fingerprint density at radius 1 is 1.11 bits per heavy atom. The van der Waals surface area contributed by atoms with Crippen LogP contribution in [0.25, 0.3) is 0 Å². The fourth-order valence-corrected chi connectivity index (χ4v) is 4.25. The molecular formula is C21H28N2O4. The van der Waals surface area contributed by atoms with Gasteiger partial charge in [-0.2, -0.15) is 0 Å². The molecular weight excluding hydrogens is 344 g/mol. The first-order valence-electron chi connectivity index (χ1n) is 9.92. The molecule has 6 heteroatoms. The molecule has 4 rings (SSSR count). The molecule has 27 heavy (non-hydrogen) atoms. The van der Waals surface area contributed by atoms with Gasteiger partial charge in [0.05, 0.1) is 19.1 Å². The molecule has 3 aliphatic rings. The van der Waals surface area contributed by atoms with Gasteiger partial charge < -0.3 is 19.3 Å². The summed E-state index contributed by atoms with van der Waals surface area (Å²) in [7, 11) is 0. The van der Waals surface area contributed by atoms with Gasteiger partial charge in [0.15, 0.2) is 5.79 Å². The Labute approximate surface area is 160 Å². The summed E-state index contributed by atoms with van der Waals surface area (Å²) in [5.41, 5.74) is 3.25. The van der Waals surface area contributed by atoms with E-state index < -0.39 is 5.79 Å². The molecule has 6 nitrogen and oxygen atoms in total. The van der Waals surface area contributed by atoms with E-state index in [9.17, 15) is 9.59 Å². The molecule has 3 aliphatic heterocycles. The largest absolute Gasteiger partial charge is 0.350 e. The quantitative estimate of drug-likeness (QED) is 0.800. The summed E-state index contributed by atoms with van der Waals surface area (Å²) >= 11 is 0. The number of anilines is 1. The van der Waals surface area contributed by atoms with E-state index in [2.05, 4.69) is 6.92 Å². The lowest BCUT2D eigenvalue weighted by Crippen LogP contribution is -2.52. The second kappa shape index (κ2) is 7.24. The number of ether oxygens (including phenoxy) is 2. The number of hydrogen-bond acceptors (Lipinski definition) is 4. The zero-order chi connectivity index (χ0) is 19.0. The molecule has 0 aromatic heterocycles. The maximum absolute atomic E-state index is 13.0. The van der Waals surface area contributed by atoms with Crippen LogP contribution >= 0.6 is 0 Å². The van der Waals surface area contributed by atoms with Gasteiger partial charge in [-0.1, -0.05) is 6.07 Å². The predicted octanol–water partition coefficient (Wildman–Crippen LogP) is 2.41. The van der Waals surface area contributed by atoms with E-state index in [1.807, 2.05) is 30.0 Å². The van der Waals surface area contributed by atoms with Crippen LogP contribution in [-0.4, -0.2) is 55.3 Å². The number of aryl methyl sites for hydroxylation is 2. The maximum Gasteiger partial charge on any atom is 0.228 e. The van der Waals surface area contributed by atoms with Crippen LogP contribution in [0.2, 0.25) is 0 Å². The van der Waals surface area contributed by atoms with Gasteiger partial charge in [-0.05, 0) is 43.5 Å². The molecule has 0 N–H and O–H groups in total. The molecule has 3 heterocycles. The second-order valence-electron chi connectivity index (χ2n) is 7.96. The van der Waals surface area contributed by atoms with Crippen LogP contribution in [0.3, 0.4) is 0 Å². The third kappa shape index (κ3) is 3.60. The summed E-state index contributed by atoms with van der Waals surface area (Å²) in [5.74, 6) is -0.642. The highest BCUT2D eigenvalue weighted by molar-refractivity contribution is 6.00. The Hall–Kier alpha value is -1.92. The molecule has 1 aromatic carbocycles. The average Bonchev–Trinajstić information content (AvgIpc) is 3.06. The maximum atomic E-state index is 13.0. The number of carbonyl (C=O) groups is 2. The number of hydrogen-bond donors (Lipinski definition) is 0. The van der Waals surface area contributed by atoms with Crippen molar-refractivity contribution < 1.29 is 19.1 Å². The van der Waals surface area contributed by atoms with Gasteiger partial charge >= 0.3 is 0 Å². The van der Waals surface area contributed by atoms with Crippen LogP contribution in [0, 0.1) is 19.8 Å².